The molecule has 1 amide bonds. The van der Waals surface area contributed by atoms with Crippen LogP contribution in [0.1, 0.15) is 18.4 Å². The molecule has 112 valence electrons. The fourth-order valence-electron chi connectivity index (χ4n) is 2.81. The molecule has 3 rings (SSSR count). The average Bonchev–Trinajstić information content (AvgIpc) is 2.95. The number of halogens is 1. The number of hydrogen-bond acceptors (Lipinski definition) is 5. The SMILES string of the molecule is CNC(=O)C1CCN(c2c(C)c(Cl)nc3ncnn23)CC1. The predicted molar refractivity (Wildman–Crippen MR) is 79.5 cm³/mol. The molecule has 0 saturated carbocycles. The monoisotopic (exact) mass is 308 g/mol. The fourth-order valence-corrected chi connectivity index (χ4v) is 2.97. The van der Waals surface area contributed by atoms with E-state index >= 15 is 0 Å². The third-order valence-electron chi connectivity index (χ3n) is 3.99. The van der Waals surface area contributed by atoms with Crippen molar-refractivity contribution in [2.24, 2.45) is 5.92 Å². The Bertz CT molecular complexity index is 677. The first kappa shape index (κ1) is 14.1. The molecule has 8 heteroatoms. The molecule has 7 nitrogen and oxygen atoms in total. The molecule has 0 aromatic carbocycles. The summed E-state index contributed by atoms with van der Waals surface area (Å²) in [6.07, 6.45) is 3.10. The molecule has 21 heavy (non-hydrogen) atoms. The zero-order valence-electron chi connectivity index (χ0n) is 12.0. The van der Waals surface area contributed by atoms with E-state index in [1.165, 1.54) is 6.33 Å². The van der Waals surface area contributed by atoms with E-state index in [9.17, 15) is 4.79 Å². The Balaban J connectivity index is 1.90. The van der Waals surface area contributed by atoms with Gasteiger partial charge in [-0.15, -0.1) is 0 Å². The van der Waals surface area contributed by atoms with Gasteiger partial charge < -0.3 is 10.2 Å². The highest BCUT2D eigenvalue weighted by molar-refractivity contribution is 6.30. The molecule has 0 radical (unpaired) electrons. The third kappa shape index (κ3) is 2.42. The van der Waals surface area contributed by atoms with Gasteiger partial charge in [0.2, 0.25) is 5.91 Å². The molecular formula is C13H17ClN6O. The van der Waals surface area contributed by atoms with Crippen molar-refractivity contribution in [2.45, 2.75) is 19.8 Å². The van der Waals surface area contributed by atoms with Crippen molar-refractivity contribution in [3.05, 3.63) is 17.0 Å². The lowest BCUT2D eigenvalue weighted by atomic mass is 9.96. The molecule has 0 atom stereocenters. The lowest BCUT2D eigenvalue weighted by Gasteiger charge is -2.33. The summed E-state index contributed by atoms with van der Waals surface area (Å²) in [4.78, 5) is 22.2. The zero-order valence-corrected chi connectivity index (χ0v) is 12.8. The number of piperidine rings is 1. The Morgan fingerprint density at radius 1 is 1.43 bits per heavy atom. The Kier molecular flexibility index (Phi) is 3.67. The van der Waals surface area contributed by atoms with Gasteiger partial charge in [0.1, 0.15) is 17.3 Å². The minimum Gasteiger partial charge on any atom is -0.359 e. The van der Waals surface area contributed by atoms with E-state index in [1.54, 1.807) is 11.6 Å². The van der Waals surface area contributed by atoms with E-state index < -0.39 is 0 Å². The van der Waals surface area contributed by atoms with Crippen LogP contribution in [-0.4, -0.2) is 45.6 Å². The number of amides is 1. The summed E-state index contributed by atoms with van der Waals surface area (Å²) in [5.74, 6) is 1.60. The molecule has 0 spiro atoms. The summed E-state index contributed by atoms with van der Waals surface area (Å²) >= 11 is 6.19. The normalized spacial score (nSPS) is 16.4. The van der Waals surface area contributed by atoms with Gasteiger partial charge in [0.05, 0.1) is 0 Å². The quantitative estimate of drug-likeness (QED) is 0.839. The molecule has 0 bridgehead atoms. The Hall–Kier alpha value is -1.89. The van der Waals surface area contributed by atoms with Crippen molar-refractivity contribution in [3.63, 3.8) is 0 Å². The summed E-state index contributed by atoms with van der Waals surface area (Å²) in [7, 11) is 1.68. The Morgan fingerprint density at radius 3 is 2.81 bits per heavy atom. The van der Waals surface area contributed by atoms with Crippen LogP contribution in [0.3, 0.4) is 0 Å². The van der Waals surface area contributed by atoms with Crippen molar-refractivity contribution in [3.8, 4) is 0 Å². The first-order valence-electron chi connectivity index (χ1n) is 6.94. The lowest BCUT2D eigenvalue weighted by molar-refractivity contribution is -0.125. The molecule has 1 saturated heterocycles. The molecule has 1 aliphatic heterocycles. The largest absolute Gasteiger partial charge is 0.359 e. The first-order valence-corrected chi connectivity index (χ1v) is 7.32. The van der Waals surface area contributed by atoms with Crippen molar-refractivity contribution >= 4 is 29.1 Å². The summed E-state index contributed by atoms with van der Waals surface area (Å²) in [5, 5.41) is 7.39. The van der Waals surface area contributed by atoms with Crippen LogP contribution in [0, 0.1) is 12.8 Å². The Morgan fingerprint density at radius 2 is 2.14 bits per heavy atom. The van der Waals surface area contributed by atoms with E-state index in [4.69, 9.17) is 11.6 Å². The molecule has 2 aromatic heterocycles. The molecular weight excluding hydrogens is 292 g/mol. The van der Waals surface area contributed by atoms with Gasteiger partial charge in [0, 0.05) is 31.6 Å². The minimum atomic E-state index is 0.0788. The second-order valence-corrected chi connectivity index (χ2v) is 5.56. The summed E-state index contributed by atoms with van der Waals surface area (Å²) in [5.41, 5.74) is 0.882. The number of carbonyl (C=O) groups is 1. The van der Waals surface area contributed by atoms with Crippen LogP contribution in [0.25, 0.3) is 5.78 Å². The number of nitrogens with one attached hydrogen (secondary N) is 1. The van der Waals surface area contributed by atoms with Gasteiger partial charge in [0.25, 0.3) is 5.78 Å². The number of nitrogens with zero attached hydrogens (tertiary/aromatic N) is 5. The maximum atomic E-state index is 11.7. The van der Waals surface area contributed by atoms with Crippen LogP contribution in [0.5, 0.6) is 0 Å². The van der Waals surface area contributed by atoms with Crippen LogP contribution < -0.4 is 10.2 Å². The summed E-state index contributed by atoms with van der Waals surface area (Å²) in [6.45, 7) is 3.50. The second kappa shape index (κ2) is 5.48. The average molecular weight is 309 g/mol. The summed E-state index contributed by atoms with van der Waals surface area (Å²) < 4.78 is 1.71. The van der Waals surface area contributed by atoms with Crippen LogP contribution in [0.2, 0.25) is 5.15 Å². The highest BCUT2D eigenvalue weighted by Crippen LogP contribution is 2.29. The highest BCUT2D eigenvalue weighted by atomic mass is 35.5. The van der Waals surface area contributed by atoms with E-state index in [0.717, 1.165) is 37.3 Å². The number of carbonyl (C=O) groups excluding carboxylic acids is 1. The molecule has 1 aliphatic rings. The van der Waals surface area contributed by atoms with E-state index in [-0.39, 0.29) is 11.8 Å². The first-order chi connectivity index (χ1) is 10.1. The third-order valence-corrected chi connectivity index (χ3v) is 4.35. The standard InChI is InChI=1S/C13H17ClN6O/c1-8-10(14)18-13-16-7-17-20(13)12(8)19-5-3-9(4-6-19)11(21)15-2/h7,9H,3-6H2,1-2H3,(H,15,21). The number of hydrogen-bond donors (Lipinski definition) is 1. The van der Waals surface area contributed by atoms with Crippen LogP contribution >= 0.6 is 11.6 Å². The molecule has 1 N–H and O–H groups in total. The number of anilines is 1. The maximum absolute atomic E-state index is 11.7. The van der Waals surface area contributed by atoms with E-state index in [1.807, 2.05) is 6.92 Å². The minimum absolute atomic E-state index is 0.0788. The van der Waals surface area contributed by atoms with Crippen molar-refractivity contribution in [1.82, 2.24) is 24.9 Å². The maximum Gasteiger partial charge on any atom is 0.255 e. The van der Waals surface area contributed by atoms with E-state index in [0.29, 0.717) is 10.9 Å². The highest BCUT2D eigenvalue weighted by Gasteiger charge is 2.27. The number of fused-ring (bicyclic) bond motifs is 1. The van der Waals surface area contributed by atoms with Crippen LogP contribution in [-0.2, 0) is 4.79 Å². The molecule has 1 fully saturated rings. The summed E-state index contributed by atoms with van der Waals surface area (Å²) in [6, 6.07) is 0. The van der Waals surface area contributed by atoms with Gasteiger partial charge in [-0.3, -0.25) is 4.79 Å². The van der Waals surface area contributed by atoms with Crippen LogP contribution in [0.15, 0.2) is 6.33 Å². The predicted octanol–water partition coefficient (Wildman–Crippen LogP) is 1.05. The second-order valence-electron chi connectivity index (χ2n) is 5.20. The van der Waals surface area contributed by atoms with Crippen molar-refractivity contribution in [1.29, 1.82) is 0 Å². The molecule has 3 heterocycles. The van der Waals surface area contributed by atoms with Gasteiger partial charge in [0.15, 0.2) is 0 Å². The topological polar surface area (TPSA) is 75.4 Å². The van der Waals surface area contributed by atoms with E-state index in [2.05, 4.69) is 25.3 Å². The molecule has 2 aromatic rings. The van der Waals surface area contributed by atoms with Crippen molar-refractivity contribution in [2.75, 3.05) is 25.0 Å². The molecule has 0 aliphatic carbocycles. The fraction of sp³-hybridized carbons (Fsp3) is 0.538. The lowest BCUT2D eigenvalue weighted by Crippen LogP contribution is -2.40. The number of aromatic nitrogens is 4. The van der Waals surface area contributed by atoms with Gasteiger partial charge in [-0.25, -0.2) is 0 Å². The number of rotatable bonds is 2. The van der Waals surface area contributed by atoms with Gasteiger partial charge >= 0.3 is 0 Å². The van der Waals surface area contributed by atoms with Gasteiger partial charge in [-0.1, -0.05) is 11.6 Å². The van der Waals surface area contributed by atoms with Crippen molar-refractivity contribution < 1.29 is 4.79 Å². The van der Waals surface area contributed by atoms with Crippen LogP contribution in [0.4, 0.5) is 5.82 Å². The van der Waals surface area contributed by atoms with Gasteiger partial charge in [-0.05, 0) is 19.8 Å². The smallest absolute Gasteiger partial charge is 0.255 e. The molecule has 0 unspecified atom stereocenters. The Labute approximate surface area is 127 Å². The zero-order chi connectivity index (χ0) is 15.0. The van der Waals surface area contributed by atoms with Gasteiger partial charge in [-0.2, -0.15) is 19.6 Å².